The summed E-state index contributed by atoms with van der Waals surface area (Å²) in [7, 11) is 0. The van der Waals surface area contributed by atoms with E-state index < -0.39 is 0 Å². The maximum absolute atomic E-state index is 12.7. The highest BCUT2D eigenvalue weighted by molar-refractivity contribution is 5.93. The molecule has 1 atom stereocenters. The molecule has 3 aromatic heterocycles. The van der Waals surface area contributed by atoms with E-state index in [2.05, 4.69) is 20.4 Å². The summed E-state index contributed by atoms with van der Waals surface area (Å²) in [5.41, 5.74) is 1.57. The van der Waals surface area contributed by atoms with Crippen LogP contribution in [0.1, 0.15) is 51.1 Å². The Kier molecular flexibility index (Phi) is 5.60. The van der Waals surface area contributed by atoms with Crippen molar-refractivity contribution in [1.29, 1.82) is 0 Å². The molecule has 1 aliphatic rings. The van der Waals surface area contributed by atoms with Crippen molar-refractivity contribution in [3.63, 3.8) is 0 Å². The van der Waals surface area contributed by atoms with Gasteiger partial charge in [-0.05, 0) is 36.6 Å². The minimum atomic E-state index is -0.305. The lowest BCUT2D eigenvalue weighted by Gasteiger charge is -2.31. The number of piperidine rings is 1. The van der Waals surface area contributed by atoms with Gasteiger partial charge in [-0.15, -0.1) is 0 Å². The van der Waals surface area contributed by atoms with Gasteiger partial charge in [0.05, 0.1) is 0 Å². The summed E-state index contributed by atoms with van der Waals surface area (Å²) in [5.74, 6) is 0.226. The van der Waals surface area contributed by atoms with Gasteiger partial charge in [0.25, 0.3) is 11.8 Å². The van der Waals surface area contributed by atoms with E-state index in [4.69, 9.17) is 4.52 Å². The number of carbonyl (C=O) groups excluding carboxylic acids is 2. The monoisotopic (exact) mass is 391 g/mol. The van der Waals surface area contributed by atoms with Gasteiger partial charge < -0.3 is 14.7 Å². The number of likely N-dealkylation sites (tertiary alicyclic amines) is 1. The second-order valence-electron chi connectivity index (χ2n) is 6.96. The predicted molar refractivity (Wildman–Crippen MR) is 104 cm³/mol. The SMILES string of the molecule is O=C(NCc1cccnc1)c1cc(C2CCCN(C(=O)c3ccccn3)C2)on1. The van der Waals surface area contributed by atoms with Gasteiger partial charge in [0.1, 0.15) is 11.5 Å². The Bertz CT molecular complexity index is 974. The van der Waals surface area contributed by atoms with Gasteiger partial charge in [-0.2, -0.15) is 0 Å². The molecule has 0 aliphatic carbocycles. The lowest BCUT2D eigenvalue weighted by molar-refractivity contribution is 0.0691. The third-order valence-electron chi connectivity index (χ3n) is 4.93. The Hall–Kier alpha value is -3.55. The quantitative estimate of drug-likeness (QED) is 0.717. The fourth-order valence-corrected chi connectivity index (χ4v) is 3.41. The van der Waals surface area contributed by atoms with E-state index in [1.54, 1.807) is 47.8 Å². The molecule has 2 amide bonds. The van der Waals surface area contributed by atoms with Crippen molar-refractivity contribution in [2.45, 2.75) is 25.3 Å². The van der Waals surface area contributed by atoms with Gasteiger partial charge in [0, 0.05) is 50.2 Å². The van der Waals surface area contributed by atoms with Crippen LogP contribution in [-0.4, -0.2) is 44.9 Å². The summed E-state index contributed by atoms with van der Waals surface area (Å²) >= 11 is 0. The van der Waals surface area contributed by atoms with E-state index in [0.29, 0.717) is 31.1 Å². The molecular formula is C21H21N5O3. The number of hydrogen-bond acceptors (Lipinski definition) is 6. The van der Waals surface area contributed by atoms with Gasteiger partial charge in [-0.25, -0.2) is 0 Å². The fraction of sp³-hybridized carbons (Fsp3) is 0.286. The van der Waals surface area contributed by atoms with Crippen molar-refractivity contribution in [2.75, 3.05) is 13.1 Å². The first-order valence-corrected chi connectivity index (χ1v) is 9.55. The average Bonchev–Trinajstić information content (AvgIpc) is 3.29. The third-order valence-corrected chi connectivity index (χ3v) is 4.93. The average molecular weight is 391 g/mol. The number of nitrogens with one attached hydrogen (secondary N) is 1. The third kappa shape index (κ3) is 4.48. The van der Waals surface area contributed by atoms with Gasteiger partial charge in [0.2, 0.25) is 0 Å². The molecule has 1 aliphatic heterocycles. The Balaban J connectivity index is 1.38. The molecule has 1 saturated heterocycles. The van der Waals surface area contributed by atoms with Crippen molar-refractivity contribution in [3.8, 4) is 0 Å². The Morgan fingerprint density at radius 2 is 2.10 bits per heavy atom. The number of hydrogen-bond donors (Lipinski definition) is 1. The Labute approximate surface area is 167 Å². The van der Waals surface area contributed by atoms with Crippen LogP contribution in [0, 0.1) is 0 Å². The lowest BCUT2D eigenvalue weighted by atomic mass is 9.95. The number of aromatic nitrogens is 3. The van der Waals surface area contributed by atoms with Crippen LogP contribution in [0.25, 0.3) is 0 Å². The van der Waals surface area contributed by atoms with Crippen molar-refractivity contribution >= 4 is 11.8 Å². The standard InChI is InChI=1S/C21H21N5O3/c27-20(24-13-15-5-3-8-22-12-15)18-11-19(29-25-18)16-6-4-10-26(14-16)21(28)17-7-1-2-9-23-17/h1-3,5,7-9,11-12,16H,4,6,10,13-14H2,(H,24,27). The molecule has 1 unspecified atom stereocenters. The van der Waals surface area contributed by atoms with Crippen LogP contribution >= 0.6 is 0 Å². The smallest absolute Gasteiger partial charge is 0.273 e. The van der Waals surface area contributed by atoms with E-state index >= 15 is 0 Å². The van der Waals surface area contributed by atoms with Gasteiger partial charge >= 0.3 is 0 Å². The fourth-order valence-electron chi connectivity index (χ4n) is 3.41. The summed E-state index contributed by atoms with van der Waals surface area (Å²) in [6.07, 6.45) is 6.72. The number of rotatable bonds is 5. The van der Waals surface area contributed by atoms with Crippen molar-refractivity contribution < 1.29 is 14.1 Å². The number of nitrogens with zero attached hydrogens (tertiary/aromatic N) is 4. The molecule has 148 valence electrons. The molecule has 8 nitrogen and oxygen atoms in total. The van der Waals surface area contributed by atoms with E-state index in [1.165, 1.54) is 0 Å². The summed E-state index contributed by atoms with van der Waals surface area (Å²) in [6.45, 7) is 1.56. The first-order valence-electron chi connectivity index (χ1n) is 9.55. The van der Waals surface area contributed by atoms with E-state index in [9.17, 15) is 9.59 Å². The highest BCUT2D eigenvalue weighted by Gasteiger charge is 2.29. The number of amides is 2. The molecule has 1 N–H and O–H groups in total. The first-order chi connectivity index (χ1) is 14.2. The van der Waals surface area contributed by atoms with Crippen LogP contribution in [0.3, 0.4) is 0 Å². The van der Waals surface area contributed by atoms with Crippen molar-refractivity contribution in [3.05, 3.63) is 77.7 Å². The molecule has 29 heavy (non-hydrogen) atoms. The molecule has 0 aromatic carbocycles. The van der Waals surface area contributed by atoms with Gasteiger partial charge in [-0.1, -0.05) is 17.3 Å². The molecule has 4 rings (SSSR count). The minimum absolute atomic E-state index is 0.00351. The first kappa shape index (κ1) is 18.8. The van der Waals surface area contributed by atoms with Crippen molar-refractivity contribution in [2.24, 2.45) is 0 Å². The minimum Gasteiger partial charge on any atom is -0.360 e. The molecule has 1 fully saturated rings. The highest BCUT2D eigenvalue weighted by atomic mass is 16.5. The molecule has 0 radical (unpaired) electrons. The summed E-state index contributed by atoms with van der Waals surface area (Å²) in [5, 5.41) is 6.72. The molecule has 0 saturated carbocycles. The second-order valence-corrected chi connectivity index (χ2v) is 6.96. The van der Waals surface area contributed by atoms with Crippen LogP contribution in [0.15, 0.2) is 59.5 Å². The number of carbonyl (C=O) groups is 2. The maximum atomic E-state index is 12.7. The van der Waals surface area contributed by atoms with Crippen LogP contribution in [0.2, 0.25) is 0 Å². The van der Waals surface area contributed by atoms with Gasteiger partial charge in [0.15, 0.2) is 5.69 Å². The van der Waals surface area contributed by atoms with Crippen LogP contribution in [0.5, 0.6) is 0 Å². The molecule has 0 bridgehead atoms. The molecular weight excluding hydrogens is 370 g/mol. The molecule has 8 heteroatoms. The number of pyridine rings is 2. The largest absolute Gasteiger partial charge is 0.360 e. The zero-order valence-electron chi connectivity index (χ0n) is 15.8. The lowest BCUT2D eigenvalue weighted by Crippen LogP contribution is -2.39. The van der Waals surface area contributed by atoms with Crippen LogP contribution in [0.4, 0.5) is 0 Å². The summed E-state index contributed by atoms with van der Waals surface area (Å²) in [6, 6.07) is 10.7. The van der Waals surface area contributed by atoms with E-state index in [1.807, 2.05) is 12.1 Å². The summed E-state index contributed by atoms with van der Waals surface area (Å²) < 4.78 is 5.43. The van der Waals surface area contributed by atoms with Crippen LogP contribution < -0.4 is 5.32 Å². The van der Waals surface area contributed by atoms with Gasteiger partial charge in [-0.3, -0.25) is 19.6 Å². The molecule has 0 spiro atoms. The Morgan fingerprint density at radius 3 is 2.90 bits per heavy atom. The molecule has 4 heterocycles. The van der Waals surface area contributed by atoms with Crippen LogP contribution in [-0.2, 0) is 6.54 Å². The molecule has 3 aromatic rings. The van der Waals surface area contributed by atoms with E-state index in [0.717, 1.165) is 18.4 Å². The zero-order valence-corrected chi connectivity index (χ0v) is 15.8. The topological polar surface area (TPSA) is 101 Å². The maximum Gasteiger partial charge on any atom is 0.273 e. The van der Waals surface area contributed by atoms with Crippen molar-refractivity contribution in [1.82, 2.24) is 25.3 Å². The zero-order chi connectivity index (χ0) is 20.1. The highest BCUT2D eigenvalue weighted by Crippen LogP contribution is 2.28. The Morgan fingerprint density at radius 1 is 1.17 bits per heavy atom. The van der Waals surface area contributed by atoms with E-state index in [-0.39, 0.29) is 23.4 Å². The predicted octanol–water partition coefficient (Wildman–Crippen LogP) is 2.41. The normalized spacial score (nSPS) is 16.4. The summed E-state index contributed by atoms with van der Waals surface area (Å²) in [4.78, 5) is 34.9. The second kappa shape index (κ2) is 8.64.